The van der Waals surface area contributed by atoms with Crippen LogP contribution in [0.2, 0.25) is 12.1 Å². The van der Waals surface area contributed by atoms with Gasteiger partial charge in [-0.15, -0.1) is 0 Å². The van der Waals surface area contributed by atoms with Gasteiger partial charge in [-0.05, 0) is 18.5 Å². The quantitative estimate of drug-likeness (QED) is 0.527. The fourth-order valence-electron chi connectivity index (χ4n) is 1.17. The van der Waals surface area contributed by atoms with Crippen LogP contribution in [0.15, 0.2) is 0 Å². The van der Waals surface area contributed by atoms with Crippen LogP contribution in [0.3, 0.4) is 0 Å². The van der Waals surface area contributed by atoms with Crippen molar-refractivity contribution in [3.8, 4) is 0 Å². The Kier molecular flexibility index (Phi) is 9.40. The van der Waals surface area contributed by atoms with E-state index < -0.39 is 9.04 Å². The van der Waals surface area contributed by atoms with E-state index in [9.17, 15) is 0 Å². The molecule has 0 aromatic heterocycles. The summed E-state index contributed by atoms with van der Waals surface area (Å²) >= 11 is 0. The summed E-state index contributed by atoms with van der Waals surface area (Å²) in [5.74, 6) is 0. The first-order chi connectivity index (χ1) is 5.85. The second-order valence-corrected chi connectivity index (χ2v) is 5.61. The lowest BCUT2D eigenvalue weighted by Crippen LogP contribution is -2.17. The van der Waals surface area contributed by atoms with E-state index in [4.69, 9.17) is 4.43 Å². The molecule has 0 spiro atoms. The van der Waals surface area contributed by atoms with Gasteiger partial charge in [0.25, 0.3) is 0 Å². The zero-order valence-electron chi connectivity index (χ0n) is 8.86. The Hall–Kier alpha value is 0.177. The third-order valence-electron chi connectivity index (χ3n) is 1.85. The van der Waals surface area contributed by atoms with Crippen LogP contribution in [0, 0.1) is 0 Å². The molecule has 2 heteroatoms. The largest absolute Gasteiger partial charge is 0.417 e. The summed E-state index contributed by atoms with van der Waals surface area (Å²) in [6.45, 7) is 7.68. The van der Waals surface area contributed by atoms with Crippen LogP contribution < -0.4 is 0 Å². The van der Waals surface area contributed by atoms with Crippen molar-refractivity contribution in [3.05, 3.63) is 0 Å². The first kappa shape index (κ1) is 12.2. The first-order valence-corrected chi connectivity index (χ1v) is 7.14. The van der Waals surface area contributed by atoms with E-state index in [0.717, 1.165) is 6.61 Å². The number of hydrogen-bond donors (Lipinski definition) is 0. The van der Waals surface area contributed by atoms with Crippen molar-refractivity contribution >= 4 is 9.04 Å². The van der Waals surface area contributed by atoms with Gasteiger partial charge in [-0.25, -0.2) is 0 Å². The molecule has 0 bridgehead atoms. The first-order valence-electron chi connectivity index (χ1n) is 5.32. The van der Waals surface area contributed by atoms with Crippen molar-refractivity contribution < 1.29 is 4.43 Å². The molecule has 0 aromatic rings. The molecule has 0 aromatic carbocycles. The highest BCUT2D eigenvalue weighted by atomic mass is 28.3. The fraction of sp³-hybridized carbons (Fsp3) is 1.00. The molecule has 0 heterocycles. The molecule has 1 nitrogen and oxygen atoms in total. The van der Waals surface area contributed by atoms with E-state index in [1.165, 1.54) is 37.8 Å². The maximum atomic E-state index is 5.84. The van der Waals surface area contributed by atoms with Gasteiger partial charge in [0.1, 0.15) is 0 Å². The van der Waals surface area contributed by atoms with Gasteiger partial charge >= 0.3 is 0 Å². The minimum Gasteiger partial charge on any atom is -0.417 e. The van der Waals surface area contributed by atoms with E-state index in [2.05, 4.69) is 20.8 Å². The molecule has 0 N–H and O–H groups in total. The third-order valence-corrected chi connectivity index (χ3v) is 4.43. The summed E-state index contributed by atoms with van der Waals surface area (Å²) in [5.41, 5.74) is 0. The third kappa shape index (κ3) is 6.86. The number of hydrogen-bond acceptors (Lipinski definition) is 1. The van der Waals surface area contributed by atoms with Crippen molar-refractivity contribution in [2.24, 2.45) is 0 Å². The summed E-state index contributed by atoms with van der Waals surface area (Å²) in [4.78, 5) is 0. The summed E-state index contributed by atoms with van der Waals surface area (Å²) in [6.07, 6.45) is 5.14. The van der Waals surface area contributed by atoms with Crippen LogP contribution in [0.25, 0.3) is 0 Å². The molecule has 0 unspecified atom stereocenters. The lowest BCUT2D eigenvalue weighted by Gasteiger charge is -2.13. The number of unbranched alkanes of at least 4 members (excludes halogenated alkanes) is 1. The average molecular weight is 187 g/mol. The molecule has 0 aliphatic rings. The Morgan fingerprint density at radius 2 is 1.67 bits per heavy atom. The molecule has 12 heavy (non-hydrogen) atoms. The van der Waals surface area contributed by atoms with E-state index in [0.29, 0.717) is 0 Å². The van der Waals surface area contributed by atoms with Crippen molar-refractivity contribution in [1.82, 2.24) is 0 Å². The standard InChI is InChI=1S/C10H23OSi/c1-4-7-10-12(9-6-3)11-8-5-2/h4-10H2,1-3H3. The molecule has 0 atom stereocenters. The van der Waals surface area contributed by atoms with Crippen molar-refractivity contribution in [1.29, 1.82) is 0 Å². The van der Waals surface area contributed by atoms with Crippen LogP contribution in [0.4, 0.5) is 0 Å². The van der Waals surface area contributed by atoms with Crippen molar-refractivity contribution in [2.45, 2.75) is 58.5 Å². The maximum Gasteiger partial charge on any atom is 0.211 e. The molecular formula is C10H23OSi. The highest BCUT2D eigenvalue weighted by Crippen LogP contribution is 2.09. The smallest absolute Gasteiger partial charge is 0.211 e. The van der Waals surface area contributed by atoms with Crippen molar-refractivity contribution in [2.75, 3.05) is 6.61 Å². The van der Waals surface area contributed by atoms with E-state index in [1.54, 1.807) is 0 Å². The van der Waals surface area contributed by atoms with Gasteiger partial charge in [-0.1, -0.05) is 40.0 Å². The lowest BCUT2D eigenvalue weighted by molar-refractivity contribution is 0.316. The lowest BCUT2D eigenvalue weighted by atomic mass is 10.4. The molecular weight excluding hydrogens is 164 g/mol. The molecule has 0 aliphatic heterocycles. The highest BCUT2D eigenvalue weighted by molar-refractivity contribution is 6.51. The van der Waals surface area contributed by atoms with Gasteiger partial charge in [0.2, 0.25) is 9.04 Å². The van der Waals surface area contributed by atoms with E-state index in [1.807, 2.05) is 0 Å². The Morgan fingerprint density at radius 3 is 2.17 bits per heavy atom. The zero-order valence-corrected chi connectivity index (χ0v) is 9.86. The van der Waals surface area contributed by atoms with Crippen LogP contribution in [-0.4, -0.2) is 15.6 Å². The van der Waals surface area contributed by atoms with Crippen molar-refractivity contribution in [3.63, 3.8) is 0 Å². The molecule has 1 radical (unpaired) electrons. The Labute approximate surface area is 79.2 Å². The molecule has 0 saturated heterocycles. The second-order valence-electron chi connectivity index (χ2n) is 3.24. The Balaban J connectivity index is 3.40. The van der Waals surface area contributed by atoms with Gasteiger partial charge in [0.05, 0.1) is 0 Å². The maximum absolute atomic E-state index is 5.84. The molecule has 0 saturated carbocycles. The summed E-state index contributed by atoms with van der Waals surface area (Å²) in [7, 11) is -0.421. The molecule has 0 aliphatic carbocycles. The van der Waals surface area contributed by atoms with Gasteiger partial charge in [0.15, 0.2) is 0 Å². The monoisotopic (exact) mass is 187 g/mol. The number of rotatable bonds is 8. The topological polar surface area (TPSA) is 9.23 Å². The fourth-order valence-corrected chi connectivity index (χ4v) is 3.51. The van der Waals surface area contributed by atoms with E-state index in [-0.39, 0.29) is 0 Å². The van der Waals surface area contributed by atoms with Gasteiger partial charge in [-0.3, -0.25) is 0 Å². The van der Waals surface area contributed by atoms with Crippen LogP contribution in [0.5, 0.6) is 0 Å². The predicted octanol–water partition coefficient (Wildman–Crippen LogP) is 3.61. The molecule has 0 amide bonds. The summed E-state index contributed by atoms with van der Waals surface area (Å²) in [6, 6.07) is 2.69. The summed E-state index contributed by atoms with van der Waals surface area (Å²) < 4.78 is 5.84. The average Bonchev–Trinajstić information content (AvgIpc) is 2.10. The Bertz CT molecular complexity index is 77.9. The second kappa shape index (κ2) is 9.27. The van der Waals surface area contributed by atoms with Gasteiger partial charge in [0, 0.05) is 6.61 Å². The van der Waals surface area contributed by atoms with Crippen LogP contribution in [-0.2, 0) is 4.43 Å². The van der Waals surface area contributed by atoms with E-state index >= 15 is 0 Å². The predicted molar refractivity (Wildman–Crippen MR) is 56.8 cm³/mol. The molecule has 0 fully saturated rings. The normalized spacial score (nSPS) is 11.0. The zero-order chi connectivity index (χ0) is 9.23. The van der Waals surface area contributed by atoms with Crippen LogP contribution in [0.1, 0.15) is 46.5 Å². The highest BCUT2D eigenvalue weighted by Gasteiger charge is 2.10. The van der Waals surface area contributed by atoms with Gasteiger partial charge < -0.3 is 4.43 Å². The Morgan fingerprint density at radius 1 is 0.917 bits per heavy atom. The summed E-state index contributed by atoms with van der Waals surface area (Å²) in [5, 5.41) is 0. The minimum absolute atomic E-state index is 0.421. The van der Waals surface area contributed by atoms with Crippen LogP contribution >= 0.6 is 0 Å². The minimum atomic E-state index is -0.421. The SMILES string of the molecule is CCCC[Si](CCC)OCCC. The molecule has 0 rings (SSSR count). The van der Waals surface area contributed by atoms with Gasteiger partial charge in [-0.2, -0.15) is 0 Å². The molecule has 73 valence electrons.